The largest absolute Gasteiger partial charge is 0.507 e. The van der Waals surface area contributed by atoms with Crippen molar-refractivity contribution in [2.24, 2.45) is 5.73 Å². The number of hydrogen-bond donors (Lipinski definition) is 6. The first-order chi connectivity index (χ1) is 17.0. The Morgan fingerprint density at radius 3 is 2.50 bits per heavy atom. The number of carbonyl (C=O) groups excluding carboxylic acids is 2. The zero-order chi connectivity index (χ0) is 26.1. The van der Waals surface area contributed by atoms with Crippen LogP contribution < -0.4 is 5.73 Å². The fourth-order valence-electron chi connectivity index (χ4n) is 5.53. The van der Waals surface area contributed by atoms with Gasteiger partial charge in [0.1, 0.15) is 17.6 Å². The quantitative estimate of drug-likeness (QED) is 0.308. The number of aliphatic hydroxyl groups is 3. The topological polar surface area (TPSA) is 180 Å². The lowest BCUT2D eigenvalue weighted by molar-refractivity contribution is -0.252. The van der Waals surface area contributed by atoms with Crippen LogP contribution >= 0.6 is 0 Å². The molecule has 0 aromatic heterocycles. The van der Waals surface area contributed by atoms with Crippen LogP contribution in [-0.2, 0) is 9.47 Å². The number of phenolic OH excluding ortho intramolecular Hbond substituents is 2. The highest BCUT2D eigenvalue weighted by atomic mass is 16.7. The molecular formula is C26H29NO9. The highest BCUT2D eigenvalue weighted by Gasteiger charge is 2.49. The van der Waals surface area contributed by atoms with E-state index >= 15 is 0 Å². The van der Waals surface area contributed by atoms with Crippen molar-refractivity contribution >= 4 is 11.6 Å². The van der Waals surface area contributed by atoms with Crippen molar-refractivity contribution in [3.05, 3.63) is 57.6 Å². The molecule has 5 rings (SSSR count). The van der Waals surface area contributed by atoms with Gasteiger partial charge in [0, 0.05) is 35.6 Å². The highest BCUT2D eigenvalue weighted by molar-refractivity contribution is 6.30. The Hall–Kier alpha value is -2.86. The molecule has 2 aliphatic carbocycles. The predicted molar refractivity (Wildman–Crippen MR) is 125 cm³/mol. The summed E-state index contributed by atoms with van der Waals surface area (Å²) in [5, 5.41) is 54.0. The average molecular weight is 500 g/mol. The smallest absolute Gasteiger partial charge is 0.198 e. The summed E-state index contributed by atoms with van der Waals surface area (Å²) in [5.74, 6) is -2.32. The summed E-state index contributed by atoms with van der Waals surface area (Å²) in [6.45, 7) is 3.32. The number of benzene rings is 2. The Kier molecular flexibility index (Phi) is 5.94. The highest BCUT2D eigenvalue weighted by Crippen LogP contribution is 2.52. The molecule has 1 aliphatic heterocycles. The Bertz CT molecular complexity index is 1250. The molecule has 7 N–H and O–H groups in total. The van der Waals surface area contributed by atoms with E-state index in [1.807, 2.05) is 0 Å². The lowest BCUT2D eigenvalue weighted by atomic mass is 9.71. The van der Waals surface area contributed by atoms with E-state index in [0.29, 0.717) is 0 Å². The van der Waals surface area contributed by atoms with Gasteiger partial charge in [-0.1, -0.05) is 19.1 Å². The second kappa shape index (κ2) is 8.62. The second-order valence-corrected chi connectivity index (χ2v) is 9.86. The molecule has 1 heterocycles. The fraction of sp³-hybridized carbons (Fsp3) is 0.462. The van der Waals surface area contributed by atoms with Crippen molar-refractivity contribution < 1.29 is 44.6 Å². The van der Waals surface area contributed by atoms with Crippen LogP contribution in [0.4, 0.5) is 0 Å². The summed E-state index contributed by atoms with van der Waals surface area (Å²) >= 11 is 0. The van der Waals surface area contributed by atoms with Gasteiger partial charge >= 0.3 is 0 Å². The molecule has 3 aliphatic rings. The number of fused-ring (bicyclic) bond motifs is 3. The monoisotopic (exact) mass is 499 g/mol. The van der Waals surface area contributed by atoms with Crippen molar-refractivity contribution in [1.82, 2.24) is 0 Å². The summed E-state index contributed by atoms with van der Waals surface area (Å²) in [4.78, 5) is 26.6. The van der Waals surface area contributed by atoms with Gasteiger partial charge in [0.25, 0.3) is 0 Å². The number of phenols is 2. The van der Waals surface area contributed by atoms with Gasteiger partial charge in [-0.25, -0.2) is 0 Å². The third kappa shape index (κ3) is 3.56. The van der Waals surface area contributed by atoms with Crippen molar-refractivity contribution in [3.8, 4) is 11.5 Å². The van der Waals surface area contributed by atoms with Crippen LogP contribution in [-0.4, -0.2) is 67.2 Å². The van der Waals surface area contributed by atoms with Crippen LogP contribution in [0.25, 0.3) is 0 Å². The summed E-state index contributed by atoms with van der Waals surface area (Å²) in [7, 11) is 0. The molecule has 0 amide bonds. The maximum absolute atomic E-state index is 13.4. The van der Waals surface area contributed by atoms with Crippen LogP contribution in [0.1, 0.15) is 88.3 Å². The van der Waals surface area contributed by atoms with Gasteiger partial charge < -0.3 is 40.7 Å². The van der Waals surface area contributed by atoms with Crippen molar-refractivity contribution in [2.45, 2.75) is 75.5 Å². The maximum atomic E-state index is 13.4. The van der Waals surface area contributed by atoms with E-state index in [-0.39, 0.29) is 58.4 Å². The molecule has 1 saturated heterocycles. The zero-order valence-corrected chi connectivity index (χ0v) is 19.8. The van der Waals surface area contributed by atoms with E-state index in [1.165, 1.54) is 24.3 Å². The van der Waals surface area contributed by atoms with Gasteiger partial charge in [-0.05, 0) is 31.0 Å². The van der Waals surface area contributed by atoms with Gasteiger partial charge in [-0.3, -0.25) is 9.59 Å². The Morgan fingerprint density at radius 2 is 1.83 bits per heavy atom. The normalized spacial score (nSPS) is 33.6. The number of ether oxygens (including phenoxy) is 2. The van der Waals surface area contributed by atoms with Crippen molar-refractivity contribution in [3.63, 3.8) is 0 Å². The molecule has 2 aromatic rings. The molecule has 1 fully saturated rings. The molecule has 192 valence electrons. The van der Waals surface area contributed by atoms with Gasteiger partial charge in [-0.15, -0.1) is 0 Å². The second-order valence-electron chi connectivity index (χ2n) is 9.86. The molecular weight excluding hydrogens is 470 g/mol. The van der Waals surface area contributed by atoms with Crippen LogP contribution in [0.2, 0.25) is 0 Å². The SMILES string of the molecule is CC[C@@]1(O)C[C@H](O[C@H]2C[C@H](N)[C@H](O)[C@H](C)O2)c2cc3c(c(O)c2[C@H]1O)C(=O)c1cccc(O)c1C3=O. The van der Waals surface area contributed by atoms with Crippen LogP contribution in [0, 0.1) is 0 Å². The lowest BCUT2D eigenvalue weighted by Crippen LogP contribution is -2.52. The molecule has 10 nitrogen and oxygen atoms in total. The third-order valence-electron chi connectivity index (χ3n) is 7.71. The molecule has 10 heteroatoms. The summed E-state index contributed by atoms with van der Waals surface area (Å²) < 4.78 is 11.9. The van der Waals surface area contributed by atoms with Crippen LogP contribution in [0.5, 0.6) is 11.5 Å². The van der Waals surface area contributed by atoms with Crippen LogP contribution in [0.15, 0.2) is 24.3 Å². The number of aliphatic hydroxyl groups excluding tert-OH is 2. The first-order valence-corrected chi connectivity index (χ1v) is 11.9. The minimum Gasteiger partial charge on any atom is -0.507 e. The summed E-state index contributed by atoms with van der Waals surface area (Å²) in [6, 6.07) is 4.84. The standard InChI is InChI=1S/C26H29NO9/c1-3-26(34)9-16(36-17-8-14(27)21(29)10(2)35-17)12-7-13-19(24(32)20(12)25(26)33)22(30)11-5-4-6-15(28)18(11)23(13)31/h4-7,10,14,16-17,21,25,28-29,32-34H,3,8-9,27H2,1-2H3/t10-,14-,16-,17-,21+,25+,26+/m0/s1. The Morgan fingerprint density at radius 1 is 1.14 bits per heavy atom. The number of nitrogens with two attached hydrogens (primary N) is 1. The van der Waals surface area contributed by atoms with E-state index in [9.17, 15) is 35.1 Å². The molecule has 2 aromatic carbocycles. The molecule has 0 bridgehead atoms. The number of ketones is 2. The third-order valence-corrected chi connectivity index (χ3v) is 7.71. The zero-order valence-electron chi connectivity index (χ0n) is 19.8. The minimum absolute atomic E-state index is 0.0660. The fourth-order valence-corrected chi connectivity index (χ4v) is 5.53. The van der Waals surface area contributed by atoms with E-state index in [0.717, 1.165) is 0 Å². The maximum Gasteiger partial charge on any atom is 0.198 e. The first-order valence-electron chi connectivity index (χ1n) is 11.9. The van der Waals surface area contributed by atoms with E-state index < -0.39 is 59.7 Å². The molecule has 0 radical (unpaired) electrons. The van der Waals surface area contributed by atoms with Crippen molar-refractivity contribution in [1.29, 1.82) is 0 Å². The number of aromatic hydroxyl groups is 2. The molecule has 0 saturated carbocycles. The Labute approximate surface area is 206 Å². The first kappa shape index (κ1) is 24.8. The number of rotatable bonds is 3. The predicted octanol–water partition coefficient (Wildman–Crippen LogP) is 1.33. The minimum atomic E-state index is -1.71. The van der Waals surface area contributed by atoms with Gasteiger partial charge in [0.05, 0.1) is 35.0 Å². The van der Waals surface area contributed by atoms with E-state index in [2.05, 4.69) is 0 Å². The van der Waals surface area contributed by atoms with Gasteiger partial charge in [0.2, 0.25) is 0 Å². The average Bonchev–Trinajstić information content (AvgIpc) is 2.83. The molecule has 0 unspecified atom stereocenters. The van der Waals surface area contributed by atoms with Crippen LogP contribution in [0.3, 0.4) is 0 Å². The number of hydrogen-bond acceptors (Lipinski definition) is 10. The van der Waals surface area contributed by atoms with E-state index in [4.69, 9.17) is 15.2 Å². The number of carbonyl (C=O) groups is 2. The van der Waals surface area contributed by atoms with E-state index in [1.54, 1.807) is 13.8 Å². The lowest BCUT2D eigenvalue weighted by Gasteiger charge is -2.44. The molecule has 0 spiro atoms. The Balaban J connectivity index is 1.64. The molecule has 36 heavy (non-hydrogen) atoms. The van der Waals surface area contributed by atoms with Crippen molar-refractivity contribution in [2.75, 3.05) is 0 Å². The van der Waals surface area contributed by atoms with Gasteiger partial charge in [0.15, 0.2) is 17.9 Å². The van der Waals surface area contributed by atoms with Gasteiger partial charge in [-0.2, -0.15) is 0 Å². The summed E-state index contributed by atoms with van der Waals surface area (Å²) in [5.41, 5.74) is 3.75. The molecule has 7 atom stereocenters. The summed E-state index contributed by atoms with van der Waals surface area (Å²) in [6.07, 6.45) is -4.71.